The van der Waals surface area contributed by atoms with Gasteiger partial charge in [-0.3, -0.25) is 13.9 Å². The highest BCUT2D eigenvalue weighted by atomic mass is 32.2. The van der Waals surface area contributed by atoms with Crippen LogP contribution in [0.15, 0.2) is 108 Å². The van der Waals surface area contributed by atoms with Crippen LogP contribution in [-0.2, 0) is 26.2 Å². The summed E-state index contributed by atoms with van der Waals surface area (Å²) in [6.45, 7) is 1.47. The number of carbonyl (C=O) groups excluding carboxylic acids is 2. The zero-order valence-corrected chi connectivity index (χ0v) is 24.1. The minimum atomic E-state index is -4.25. The highest BCUT2D eigenvalue weighted by Crippen LogP contribution is 2.35. The molecule has 1 heterocycles. The summed E-state index contributed by atoms with van der Waals surface area (Å²) in [4.78, 5) is 28.5. The van der Waals surface area contributed by atoms with Crippen molar-refractivity contribution in [2.75, 3.05) is 29.4 Å². The molecule has 0 spiro atoms. The number of sulfonamides is 1. The molecular formula is C32H31N3O6S. The van der Waals surface area contributed by atoms with E-state index in [2.05, 4.69) is 5.32 Å². The molecule has 1 atom stereocenters. The molecule has 1 unspecified atom stereocenters. The Kier molecular flexibility index (Phi) is 8.44. The highest BCUT2D eigenvalue weighted by molar-refractivity contribution is 7.93. The Hall–Kier alpha value is -4.83. The van der Waals surface area contributed by atoms with Crippen LogP contribution < -0.4 is 24.0 Å². The Morgan fingerprint density at radius 1 is 0.952 bits per heavy atom. The monoisotopic (exact) mass is 585 g/mol. The summed E-state index contributed by atoms with van der Waals surface area (Å²) in [5, 5.41) is 2.87. The van der Waals surface area contributed by atoms with Crippen LogP contribution >= 0.6 is 0 Å². The van der Waals surface area contributed by atoms with Crippen LogP contribution in [0.1, 0.15) is 11.1 Å². The summed E-state index contributed by atoms with van der Waals surface area (Å²) in [5.74, 6) is -0.388. The lowest BCUT2D eigenvalue weighted by atomic mass is 10.1. The topological polar surface area (TPSA) is 105 Å². The van der Waals surface area contributed by atoms with E-state index in [0.717, 1.165) is 15.4 Å². The van der Waals surface area contributed by atoms with Crippen LogP contribution in [-0.4, -0.2) is 46.5 Å². The quantitative estimate of drug-likeness (QED) is 0.314. The number of fused-ring (bicyclic) bond motifs is 1. The second kappa shape index (κ2) is 12.4. The van der Waals surface area contributed by atoms with Gasteiger partial charge in [-0.2, -0.15) is 0 Å². The van der Waals surface area contributed by atoms with Gasteiger partial charge in [0.25, 0.3) is 15.9 Å². The third-order valence-corrected chi connectivity index (χ3v) is 8.68. The zero-order valence-electron chi connectivity index (χ0n) is 23.3. The van der Waals surface area contributed by atoms with E-state index in [1.165, 1.54) is 18.1 Å². The van der Waals surface area contributed by atoms with Gasteiger partial charge in [-0.15, -0.1) is 0 Å². The fourth-order valence-electron chi connectivity index (χ4n) is 4.73. The van der Waals surface area contributed by atoms with Gasteiger partial charge in [0.1, 0.15) is 22.9 Å². The number of para-hydroxylation sites is 3. The number of aryl methyl sites for hydroxylation is 1. The summed E-state index contributed by atoms with van der Waals surface area (Å²) >= 11 is 0. The molecule has 9 nitrogen and oxygen atoms in total. The van der Waals surface area contributed by atoms with Gasteiger partial charge in [0.2, 0.25) is 5.91 Å². The van der Waals surface area contributed by atoms with Crippen molar-refractivity contribution in [1.82, 2.24) is 5.32 Å². The van der Waals surface area contributed by atoms with Crippen LogP contribution in [0, 0.1) is 6.92 Å². The second-order valence-electron chi connectivity index (χ2n) is 9.78. The summed E-state index contributed by atoms with van der Waals surface area (Å²) < 4.78 is 40.6. The Balaban J connectivity index is 1.45. The predicted octanol–water partition coefficient (Wildman–Crippen LogP) is 4.31. The Bertz CT molecular complexity index is 1680. The van der Waals surface area contributed by atoms with E-state index in [1.807, 2.05) is 30.3 Å². The zero-order chi connectivity index (χ0) is 29.7. The standard InChI is InChI=1S/C32H31N3O6S/c1-23-17-18-28(40-2)30(19-23)42(38,39)35(25-13-7-4-8-14-25)22-31(36)34-21-29(41-27-16-10-9-15-26(27)34)32(37)33-20-24-11-5-3-6-12-24/h3-19,29H,20-22H2,1-2H3,(H,33,37). The first-order chi connectivity index (χ1) is 20.3. The van der Waals surface area contributed by atoms with Gasteiger partial charge in [0, 0.05) is 6.54 Å². The molecular weight excluding hydrogens is 554 g/mol. The Morgan fingerprint density at radius 3 is 2.33 bits per heavy atom. The van der Waals surface area contributed by atoms with Crippen molar-refractivity contribution < 1.29 is 27.5 Å². The fraction of sp³-hybridized carbons (Fsp3) is 0.188. The SMILES string of the molecule is COc1ccc(C)cc1S(=O)(=O)N(CC(=O)N1CC(C(=O)NCc2ccccc2)Oc2ccccc21)c1ccccc1. The third kappa shape index (κ3) is 6.08. The molecule has 1 aliphatic rings. The van der Waals surface area contributed by atoms with Gasteiger partial charge in [-0.05, 0) is 54.4 Å². The summed E-state index contributed by atoms with van der Waals surface area (Å²) in [5.41, 5.74) is 2.41. The molecule has 10 heteroatoms. The number of benzene rings is 4. The lowest BCUT2D eigenvalue weighted by molar-refractivity contribution is -0.128. The smallest absolute Gasteiger partial charge is 0.268 e. The van der Waals surface area contributed by atoms with Crippen LogP contribution in [0.4, 0.5) is 11.4 Å². The second-order valence-corrected chi connectivity index (χ2v) is 11.6. The number of ether oxygens (including phenoxy) is 2. The van der Waals surface area contributed by atoms with Gasteiger partial charge in [0.15, 0.2) is 6.10 Å². The Morgan fingerprint density at radius 2 is 1.62 bits per heavy atom. The van der Waals surface area contributed by atoms with E-state index in [-0.39, 0.29) is 23.1 Å². The molecule has 0 bridgehead atoms. The van der Waals surface area contributed by atoms with Gasteiger partial charge < -0.3 is 19.7 Å². The molecule has 1 aliphatic heterocycles. The van der Waals surface area contributed by atoms with Crippen molar-refractivity contribution >= 4 is 33.2 Å². The van der Waals surface area contributed by atoms with Crippen molar-refractivity contribution in [1.29, 1.82) is 0 Å². The number of anilines is 2. The van der Waals surface area contributed by atoms with Crippen LogP contribution in [0.5, 0.6) is 11.5 Å². The maximum Gasteiger partial charge on any atom is 0.268 e. The molecule has 5 rings (SSSR count). The molecule has 0 aliphatic carbocycles. The molecule has 4 aromatic rings. The van der Waals surface area contributed by atoms with E-state index in [9.17, 15) is 18.0 Å². The summed E-state index contributed by atoms with van der Waals surface area (Å²) in [7, 11) is -2.85. The number of amides is 2. The number of rotatable bonds is 9. The first kappa shape index (κ1) is 28.7. The molecule has 42 heavy (non-hydrogen) atoms. The van der Waals surface area contributed by atoms with Crippen LogP contribution in [0.2, 0.25) is 0 Å². The normalized spacial score (nSPS) is 14.3. The van der Waals surface area contributed by atoms with Gasteiger partial charge in [0.05, 0.1) is 25.0 Å². The van der Waals surface area contributed by atoms with E-state index in [4.69, 9.17) is 9.47 Å². The molecule has 4 aromatic carbocycles. The molecule has 0 aromatic heterocycles. The largest absolute Gasteiger partial charge is 0.495 e. The minimum absolute atomic E-state index is 0.0535. The third-order valence-electron chi connectivity index (χ3n) is 6.89. The Labute approximate surface area is 245 Å². The fourth-order valence-corrected chi connectivity index (χ4v) is 6.39. The minimum Gasteiger partial charge on any atom is -0.495 e. The molecule has 0 saturated heterocycles. The number of hydrogen-bond donors (Lipinski definition) is 1. The van der Waals surface area contributed by atoms with E-state index < -0.39 is 28.6 Å². The predicted molar refractivity (Wildman–Crippen MR) is 160 cm³/mol. The van der Waals surface area contributed by atoms with Gasteiger partial charge in [-0.25, -0.2) is 8.42 Å². The van der Waals surface area contributed by atoms with E-state index in [0.29, 0.717) is 23.7 Å². The summed E-state index contributed by atoms with van der Waals surface area (Å²) in [6.07, 6.45) is -0.994. The molecule has 216 valence electrons. The van der Waals surface area contributed by atoms with Crippen LogP contribution in [0.3, 0.4) is 0 Å². The first-order valence-corrected chi connectivity index (χ1v) is 14.8. The number of nitrogens with one attached hydrogen (secondary N) is 1. The van der Waals surface area contributed by atoms with E-state index in [1.54, 1.807) is 73.7 Å². The average molecular weight is 586 g/mol. The molecule has 0 radical (unpaired) electrons. The first-order valence-electron chi connectivity index (χ1n) is 13.4. The van der Waals surface area contributed by atoms with Crippen molar-refractivity contribution in [2.24, 2.45) is 0 Å². The molecule has 0 saturated carbocycles. The van der Waals surface area contributed by atoms with Crippen molar-refractivity contribution in [3.63, 3.8) is 0 Å². The average Bonchev–Trinajstić information content (AvgIpc) is 3.02. The van der Waals surface area contributed by atoms with Crippen molar-refractivity contribution in [3.8, 4) is 11.5 Å². The number of carbonyl (C=O) groups is 2. The highest BCUT2D eigenvalue weighted by Gasteiger charge is 2.37. The van der Waals surface area contributed by atoms with Crippen molar-refractivity contribution in [2.45, 2.75) is 24.5 Å². The molecule has 1 N–H and O–H groups in total. The lowest BCUT2D eigenvalue weighted by Gasteiger charge is -2.35. The van der Waals surface area contributed by atoms with Gasteiger partial charge >= 0.3 is 0 Å². The lowest BCUT2D eigenvalue weighted by Crippen LogP contribution is -2.53. The number of methoxy groups -OCH3 is 1. The maximum absolute atomic E-state index is 14.1. The number of nitrogens with zero attached hydrogens (tertiary/aromatic N) is 2. The summed E-state index contributed by atoms with van der Waals surface area (Å²) in [6, 6.07) is 29.6. The molecule has 2 amide bonds. The van der Waals surface area contributed by atoms with Gasteiger partial charge in [-0.1, -0.05) is 66.7 Å². The number of hydrogen-bond acceptors (Lipinski definition) is 6. The van der Waals surface area contributed by atoms with E-state index >= 15 is 0 Å². The van der Waals surface area contributed by atoms with Crippen molar-refractivity contribution in [3.05, 3.63) is 114 Å². The van der Waals surface area contributed by atoms with Crippen LogP contribution in [0.25, 0.3) is 0 Å². The molecule has 0 fully saturated rings. The maximum atomic E-state index is 14.1.